The van der Waals surface area contributed by atoms with Crippen molar-refractivity contribution in [1.29, 1.82) is 0 Å². The zero-order valence-corrected chi connectivity index (χ0v) is 14.4. The number of benzene rings is 1. The number of nitrogens with zero attached hydrogens (tertiary/aromatic N) is 1. The highest BCUT2D eigenvalue weighted by Gasteiger charge is 2.66. The number of non-ortho nitro benzene ring substituents is 1. The number of esters is 1. The highest BCUT2D eigenvalue weighted by atomic mass is 32.1. The Bertz CT molecular complexity index is 790. The molecule has 2 rings (SSSR count). The summed E-state index contributed by atoms with van der Waals surface area (Å²) in [4.78, 5) is 22.4. The number of aliphatic hydroxyl groups is 1. The first-order valence-electron chi connectivity index (χ1n) is 7.44. The minimum absolute atomic E-state index is 0.290. The predicted molar refractivity (Wildman–Crippen MR) is 87.5 cm³/mol. The van der Waals surface area contributed by atoms with Crippen molar-refractivity contribution < 1.29 is 37.8 Å². The zero-order chi connectivity index (χ0) is 20.6. The quantitative estimate of drug-likeness (QED) is 0.251. The van der Waals surface area contributed by atoms with Gasteiger partial charge in [-0.25, -0.2) is 0 Å². The molecule has 1 aromatic carbocycles. The van der Waals surface area contributed by atoms with Gasteiger partial charge in [0.05, 0.1) is 17.6 Å². The van der Waals surface area contributed by atoms with E-state index >= 15 is 0 Å². The average molecular weight is 409 g/mol. The monoisotopic (exact) mass is 409 g/mol. The number of aromatic hydroxyl groups is 1. The highest BCUT2D eigenvalue weighted by Crippen LogP contribution is 2.45. The fourth-order valence-corrected chi connectivity index (χ4v) is 2.98. The third-order valence-corrected chi connectivity index (χ3v) is 4.12. The molecule has 9 nitrogen and oxygen atoms in total. The van der Waals surface area contributed by atoms with E-state index in [9.17, 15) is 38.3 Å². The molecule has 1 heterocycles. The van der Waals surface area contributed by atoms with Crippen molar-refractivity contribution in [2.24, 2.45) is 5.92 Å². The van der Waals surface area contributed by atoms with Gasteiger partial charge in [0.25, 0.3) is 11.4 Å². The van der Waals surface area contributed by atoms with Gasteiger partial charge in [-0.3, -0.25) is 14.9 Å². The number of nitro groups is 1. The largest absolute Gasteiger partial charge is 0.508 e. The molecular weight excluding hydrogens is 395 g/mol. The van der Waals surface area contributed by atoms with Gasteiger partial charge in [-0.15, -0.1) is 0 Å². The van der Waals surface area contributed by atoms with E-state index < -0.39 is 56.9 Å². The Morgan fingerprint density at radius 1 is 1.48 bits per heavy atom. The van der Waals surface area contributed by atoms with E-state index in [0.717, 1.165) is 18.2 Å². The third-order valence-electron chi connectivity index (χ3n) is 3.90. The summed E-state index contributed by atoms with van der Waals surface area (Å²) in [6, 6.07) is 0.830. The molecule has 0 spiro atoms. The van der Waals surface area contributed by atoms with Gasteiger partial charge in [-0.05, 0) is 25.2 Å². The molecule has 3 atom stereocenters. The molecule has 1 aromatic rings. The number of hydrogen-bond donors (Lipinski definition) is 4. The molecule has 0 amide bonds. The van der Waals surface area contributed by atoms with E-state index in [2.05, 4.69) is 22.3 Å². The first-order valence-corrected chi connectivity index (χ1v) is 7.85. The maximum atomic E-state index is 13.6. The molecular formula is C14H14F3N3O6S. The number of ether oxygens (including phenoxy) is 1. The number of hydrogen-bond acceptors (Lipinski definition) is 7. The number of halogens is 3. The molecule has 1 saturated heterocycles. The second-order valence-corrected chi connectivity index (χ2v) is 5.98. The van der Waals surface area contributed by atoms with Crippen molar-refractivity contribution in [3.63, 3.8) is 0 Å². The van der Waals surface area contributed by atoms with Crippen molar-refractivity contribution in [3.8, 4) is 5.75 Å². The van der Waals surface area contributed by atoms with Crippen LogP contribution in [0.15, 0.2) is 18.2 Å². The normalized spacial score (nSPS) is 25.3. The van der Waals surface area contributed by atoms with Gasteiger partial charge >= 0.3 is 12.1 Å². The molecule has 1 aliphatic rings. The second kappa shape index (κ2) is 7.15. The van der Waals surface area contributed by atoms with Crippen LogP contribution in [0.2, 0.25) is 0 Å². The number of carbonyl (C=O) groups excluding carboxylic acids is 1. The highest BCUT2D eigenvalue weighted by molar-refractivity contribution is 7.80. The lowest BCUT2D eigenvalue weighted by atomic mass is 9.81. The zero-order valence-electron chi connectivity index (χ0n) is 13.6. The summed E-state index contributed by atoms with van der Waals surface area (Å²) >= 11 is 4.68. The van der Waals surface area contributed by atoms with Crippen molar-refractivity contribution in [2.45, 2.75) is 24.9 Å². The van der Waals surface area contributed by atoms with Gasteiger partial charge in [0.15, 0.2) is 5.11 Å². The van der Waals surface area contributed by atoms with E-state index in [1.807, 2.05) is 0 Å². The Balaban J connectivity index is 2.68. The molecule has 0 radical (unpaired) electrons. The summed E-state index contributed by atoms with van der Waals surface area (Å²) in [7, 11) is 0. The molecule has 4 N–H and O–H groups in total. The summed E-state index contributed by atoms with van der Waals surface area (Å²) in [6.45, 7) is 1.06. The topological polar surface area (TPSA) is 134 Å². The van der Waals surface area contributed by atoms with Crippen molar-refractivity contribution in [3.05, 3.63) is 33.9 Å². The van der Waals surface area contributed by atoms with Crippen LogP contribution < -0.4 is 10.6 Å². The Kier molecular flexibility index (Phi) is 5.47. The first-order chi connectivity index (χ1) is 12.4. The van der Waals surface area contributed by atoms with Crippen molar-refractivity contribution >= 4 is 29.0 Å². The van der Waals surface area contributed by atoms with Gasteiger partial charge in [0, 0.05) is 17.7 Å². The lowest BCUT2D eigenvalue weighted by molar-refractivity contribution is -0.385. The van der Waals surface area contributed by atoms with E-state index in [-0.39, 0.29) is 6.61 Å². The van der Waals surface area contributed by atoms with Crippen LogP contribution in [0.5, 0.6) is 5.75 Å². The smallest absolute Gasteiger partial charge is 0.437 e. The van der Waals surface area contributed by atoms with Crippen LogP contribution in [-0.4, -0.2) is 44.7 Å². The van der Waals surface area contributed by atoms with E-state index in [1.165, 1.54) is 6.92 Å². The summed E-state index contributed by atoms with van der Waals surface area (Å²) < 4.78 is 45.3. The van der Waals surface area contributed by atoms with Gasteiger partial charge < -0.3 is 25.6 Å². The minimum atomic E-state index is -5.37. The van der Waals surface area contributed by atoms with Crippen LogP contribution >= 0.6 is 12.2 Å². The molecule has 27 heavy (non-hydrogen) atoms. The van der Waals surface area contributed by atoms with Crippen LogP contribution in [0.25, 0.3) is 0 Å². The van der Waals surface area contributed by atoms with Gasteiger partial charge in [0.1, 0.15) is 11.7 Å². The number of nitrogens with one attached hydrogen (secondary N) is 2. The standard InChI is InChI=1S/C14H14F3N3O6S/c1-2-26-11(22)9-10(7-5-6(20(24)25)3-4-8(7)21)18-12(27)19-13(9,23)14(15,16)17/h3-5,9-10,21,23H,2H2,1H3,(H2,18,19,27)/t9-,10+,13+/m1/s1. The Hall–Kier alpha value is -2.67. The fourth-order valence-electron chi connectivity index (χ4n) is 2.70. The van der Waals surface area contributed by atoms with E-state index in [0.29, 0.717) is 0 Å². The van der Waals surface area contributed by atoms with Crippen LogP contribution in [0.4, 0.5) is 18.9 Å². The fraction of sp³-hybridized carbons (Fsp3) is 0.429. The third kappa shape index (κ3) is 3.73. The Labute approximate surface area is 155 Å². The minimum Gasteiger partial charge on any atom is -0.508 e. The average Bonchev–Trinajstić information content (AvgIpc) is 2.53. The summed E-state index contributed by atoms with van der Waals surface area (Å²) in [6.07, 6.45) is -5.37. The van der Waals surface area contributed by atoms with Crippen LogP contribution in [0.3, 0.4) is 0 Å². The maximum absolute atomic E-state index is 13.6. The molecule has 1 fully saturated rings. The molecule has 13 heteroatoms. The number of thiocarbonyl (C=S) groups is 1. The summed E-state index contributed by atoms with van der Waals surface area (Å²) in [5.41, 5.74) is -4.82. The van der Waals surface area contributed by atoms with Gasteiger partial charge in [0.2, 0.25) is 0 Å². The van der Waals surface area contributed by atoms with Crippen LogP contribution in [-0.2, 0) is 9.53 Å². The first kappa shape index (κ1) is 20.6. The Morgan fingerprint density at radius 3 is 2.63 bits per heavy atom. The van der Waals surface area contributed by atoms with Gasteiger partial charge in [-0.1, -0.05) is 0 Å². The van der Waals surface area contributed by atoms with Crippen LogP contribution in [0, 0.1) is 16.0 Å². The number of nitro benzene ring substituents is 1. The van der Waals surface area contributed by atoms with E-state index in [4.69, 9.17) is 0 Å². The molecule has 1 aliphatic heterocycles. The number of rotatable bonds is 4. The predicted octanol–water partition coefficient (Wildman–Crippen LogP) is 1.25. The molecule has 0 aromatic heterocycles. The molecule has 0 aliphatic carbocycles. The van der Waals surface area contributed by atoms with Crippen LogP contribution in [0.1, 0.15) is 18.5 Å². The number of carbonyl (C=O) groups is 1. The number of alkyl halides is 3. The van der Waals surface area contributed by atoms with Crippen molar-refractivity contribution in [2.75, 3.05) is 6.61 Å². The van der Waals surface area contributed by atoms with E-state index in [1.54, 1.807) is 5.32 Å². The number of phenolic OH excluding ortho intramolecular Hbond substituents is 1. The molecule has 0 unspecified atom stereocenters. The molecule has 0 saturated carbocycles. The van der Waals surface area contributed by atoms with Gasteiger partial charge in [-0.2, -0.15) is 13.2 Å². The number of phenols is 1. The molecule has 148 valence electrons. The van der Waals surface area contributed by atoms with Crippen molar-refractivity contribution in [1.82, 2.24) is 10.6 Å². The SMILES string of the molecule is CCOC(=O)[C@H]1[C@H](c2cc([N+](=O)[O-])ccc2O)NC(=S)N[C@@]1(O)C(F)(F)F. The maximum Gasteiger partial charge on any atom is 0.437 e. The summed E-state index contributed by atoms with van der Waals surface area (Å²) in [5, 5.41) is 34.5. The molecule has 0 bridgehead atoms. The lowest BCUT2D eigenvalue weighted by Crippen LogP contribution is -2.73. The summed E-state index contributed by atoms with van der Waals surface area (Å²) in [5.74, 6) is -4.45. The Morgan fingerprint density at radius 2 is 2.11 bits per heavy atom. The second-order valence-electron chi connectivity index (χ2n) is 5.57. The lowest BCUT2D eigenvalue weighted by Gasteiger charge is -2.45.